The number of nitrogens with one attached hydrogen (secondary N) is 1. The van der Waals surface area contributed by atoms with Crippen LogP contribution in [0.1, 0.15) is 32.6 Å². The van der Waals surface area contributed by atoms with Crippen LogP contribution in [-0.4, -0.2) is 80.8 Å². The normalized spacial score (nSPS) is 22.9. The lowest BCUT2D eigenvalue weighted by atomic mass is 10.0. The Morgan fingerprint density at radius 2 is 1.89 bits per heavy atom. The van der Waals surface area contributed by atoms with Crippen molar-refractivity contribution in [3.63, 3.8) is 0 Å². The molecule has 1 aromatic rings. The molecule has 1 atom stereocenters. The molecule has 2 aliphatic heterocycles. The van der Waals surface area contributed by atoms with Gasteiger partial charge in [0.1, 0.15) is 0 Å². The molecule has 2 heterocycles. The minimum Gasteiger partial charge on any atom is -0.325 e. The molecule has 1 N–H and O–H groups in total. The van der Waals surface area contributed by atoms with Crippen LogP contribution in [0.5, 0.6) is 0 Å². The highest BCUT2D eigenvalue weighted by Crippen LogP contribution is 2.23. The van der Waals surface area contributed by atoms with E-state index in [0.29, 0.717) is 18.8 Å². The second-order valence-electron chi connectivity index (χ2n) is 7.77. The molecular formula is C20H32N4O3S. The van der Waals surface area contributed by atoms with E-state index in [1.54, 1.807) is 24.3 Å². The van der Waals surface area contributed by atoms with E-state index in [1.165, 1.54) is 4.31 Å². The Bertz CT molecular complexity index is 773. The van der Waals surface area contributed by atoms with Gasteiger partial charge in [0.05, 0.1) is 10.9 Å². The summed E-state index contributed by atoms with van der Waals surface area (Å²) in [6.07, 6.45) is 4.05. The molecule has 0 spiro atoms. The number of carbonyl (C=O) groups is 1. The van der Waals surface area contributed by atoms with E-state index in [2.05, 4.69) is 22.0 Å². The van der Waals surface area contributed by atoms with Crippen molar-refractivity contribution < 1.29 is 13.2 Å². The first-order chi connectivity index (χ1) is 13.4. The van der Waals surface area contributed by atoms with Gasteiger partial charge in [-0.05, 0) is 57.6 Å². The van der Waals surface area contributed by atoms with Crippen LogP contribution in [0.4, 0.5) is 5.69 Å². The molecule has 3 rings (SSSR count). The molecule has 1 unspecified atom stereocenters. The standard InChI is InChI=1S/C20H32N4O3S/c1-3-10-23-11-5-4-9-19(23)20(25)21-17-7-6-8-18(16-17)28(26,27)24-14-12-22(2)13-15-24/h6-8,16,19H,3-5,9-15H2,1-2H3,(H,21,25). The van der Waals surface area contributed by atoms with Crippen molar-refractivity contribution in [1.29, 1.82) is 0 Å². The highest BCUT2D eigenvalue weighted by atomic mass is 32.2. The van der Waals surface area contributed by atoms with Gasteiger partial charge in [0.15, 0.2) is 0 Å². The average molecular weight is 409 g/mol. The minimum absolute atomic E-state index is 0.0395. The van der Waals surface area contributed by atoms with E-state index in [1.807, 2.05) is 7.05 Å². The molecule has 0 radical (unpaired) electrons. The Hall–Kier alpha value is -1.48. The summed E-state index contributed by atoms with van der Waals surface area (Å²) >= 11 is 0. The summed E-state index contributed by atoms with van der Waals surface area (Å²) in [7, 11) is -1.55. The van der Waals surface area contributed by atoms with Gasteiger partial charge in [-0.15, -0.1) is 0 Å². The summed E-state index contributed by atoms with van der Waals surface area (Å²) in [6.45, 7) is 6.41. The molecule has 0 bridgehead atoms. The van der Waals surface area contributed by atoms with E-state index in [4.69, 9.17) is 0 Å². The molecule has 28 heavy (non-hydrogen) atoms. The molecule has 2 fully saturated rings. The fraction of sp³-hybridized carbons (Fsp3) is 0.650. The van der Waals surface area contributed by atoms with Crippen LogP contribution in [0.3, 0.4) is 0 Å². The Morgan fingerprint density at radius 1 is 1.14 bits per heavy atom. The maximum atomic E-state index is 13.0. The summed E-state index contributed by atoms with van der Waals surface area (Å²) in [5, 5.41) is 2.95. The molecule has 156 valence electrons. The topological polar surface area (TPSA) is 73.0 Å². The zero-order chi connectivity index (χ0) is 20.1. The monoisotopic (exact) mass is 408 g/mol. The molecule has 0 saturated carbocycles. The number of amides is 1. The van der Waals surface area contributed by atoms with Crippen LogP contribution in [0, 0.1) is 0 Å². The number of sulfonamides is 1. The molecule has 0 aliphatic carbocycles. The number of piperazine rings is 1. The summed E-state index contributed by atoms with van der Waals surface area (Å²) in [4.78, 5) is 17.4. The van der Waals surface area contributed by atoms with Crippen molar-refractivity contribution in [2.75, 3.05) is 51.6 Å². The Morgan fingerprint density at radius 3 is 2.61 bits per heavy atom. The van der Waals surface area contributed by atoms with Gasteiger partial charge in [0, 0.05) is 31.9 Å². The van der Waals surface area contributed by atoms with Crippen molar-refractivity contribution in [3.8, 4) is 0 Å². The molecule has 8 heteroatoms. The van der Waals surface area contributed by atoms with Gasteiger partial charge in [-0.1, -0.05) is 19.4 Å². The quantitative estimate of drug-likeness (QED) is 0.777. The van der Waals surface area contributed by atoms with Crippen molar-refractivity contribution in [2.45, 2.75) is 43.5 Å². The average Bonchev–Trinajstić information content (AvgIpc) is 2.69. The van der Waals surface area contributed by atoms with Crippen LogP contribution in [0.2, 0.25) is 0 Å². The van der Waals surface area contributed by atoms with E-state index in [9.17, 15) is 13.2 Å². The first-order valence-electron chi connectivity index (χ1n) is 10.3. The van der Waals surface area contributed by atoms with Gasteiger partial charge in [0.2, 0.25) is 15.9 Å². The van der Waals surface area contributed by atoms with Gasteiger partial charge in [-0.2, -0.15) is 4.31 Å². The maximum Gasteiger partial charge on any atom is 0.243 e. The van der Waals surface area contributed by atoms with Crippen LogP contribution in [0.15, 0.2) is 29.2 Å². The number of likely N-dealkylation sites (N-methyl/N-ethyl adjacent to an activating group) is 1. The molecule has 0 aromatic heterocycles. The number of hydrogen-bond donors (Lipinski definition) is 1. The number of benzene rings is 1. The first-order valence-corrected chi connectivity index (χ1v) is 11.7. The molecule has 2 aliphatic rings. The summed E-state index contributed by atoms with van der Waals surface area (Å²) in [6, 6.07) is 6.51. The zero-order valence-corrected chi connectivity index (χ0v) is 17.7. The number of likely N-dealkylation sites (tertiary alicyclic amines) is 1. The predicted octanol–water partition coefficient (Wildman–Crippen LogP) is 1.83. The fourth-order valence-electron chi connectivity index (χ4n) is 3.98. The Labute approximate surface area is 168 Å². The molecule has 7 nitrogen and oxygen atoms in total. The van der Waals surface area contributed by atoms with Crippen LogP contribution in [0.25, 0.3) is 0 Å². The van der Waals surface area contributed by atoms with Gasteiger partial charge >= 0.3 is 0 Å². The lowest BCUT2D eigenvalue weighted by Crippen LogP contribution is -2.47. The molecule has 1 aromatic carbocycles. The highest BCUT2D eigenvalue weighted by molar-refractivity contribution is 7.89. The van der Waals surface area contributed by atoms with Crippen molar-refractivity contribution >= 4 is 21.6 Å². The van der Waals surface area contributed by atoms with Gasteiger partial charge in [-0.3, -0.25) is 9.69 Å². The van der Waals surface area contributed by atoms with Gasteiger partial charge < -0.3 is 10.2 Å². The smallest absolute Gasteiger partial charge is 0.243 e. The van der Waals surface area contributed by atoms with Crippen LogP contribution >= 0.6 is 0 Å². The Balaban J connectivity index is 1.71. The number of hydrogen-bond acceptors (Lipinski definition) is 5. The summed E-state index contributed by atoms with van der Waals surface area (Å²) in [5.74, 6) is -0.0395. The summed E-state index contributed by atoms with van der Waals surface area (Å²) < 4.78 is 27.4. The third kappa shape index (κ3) is 4.92. The van der Waals surface area contributed by atoms with E-state index in [0.717, 1.165) is 51.9 Å². The number of nitrogens with zero attached hydrogens (tertiary/aromatic N) is 3. The number of piperidine rings is 1. The SMILES string of the molecule is CCCN1CCCCC1C(=O)Nc1cccc(S(=O)(=O)N2CCN(C)CC2)c1. The van der Waals surface area contributed by atoms with Crippen LogP contribution in [-0.2, 0) is 14.8 Å². The largest absolute Gasteiger partial charge is 0.325 e. The molecular weight excluding hydrogens is 376 g/mol. The first kappa shape index (κ1) is 21.2. The zero-order valence-electron chi connectivity index (χ0n) is 16.9. The lowest BCUT2D eigenvalue weighted by molar-refractivity contribution is -0.122. The number of carbonyl (C=O) groups excluding carboxylic acids is 1. The molecule has 2 saturated heterocycles. The van der Waals surface area contributed by atoms with Crippen LogP contribution < -0.4 is 5.32 Å². The van der Waals surface area contributed by atoms with Crippen molar-refractivity contribution in [3.05, 3.63) is 24.3 Å². The lowest BCUT2D eigenvalue weighted by Gasteiger charge is -2.34. The highest BCUT2D eigenvalue weighted by Gasteiger charge is 2.30. The number of anilines is 1. The second-order valence-corrected chi connectivity index (χ2v) is 9.71. The van der Waals surface area contributed by atoms with Crippen molar-refractivity contribution in [2.24, 2.45) is 0 Å². The van der Waals surface area contributed by atoms with E-state index < -0.39 is 10.0 Å². The minimum atomic E-state index is -3.54. The third-order valence-corrected chi connectivity index (χ3v) is 7.52. The second kappa shape index (κ2) is 9.35. The van der Waals surface area contributed by atoms with Crippen molar-refractivity contribution in [1.82, 2.24) is 14.1 Å². The van der Waals surface area contributed by atoms with E-state index >= 15 is 0 Å². The molecule has 1 amide bonds. The third-order valence-electron chi connectivity index (χ3n) is 5.63. The Kier molecular flexibility index (Phi) is 7.09. The van der Waals surface area contributed by atoms with E-state index in [-0.39, 0.29) is 16.8 Å². The summed E-state index contributed by atoms with van der Waals surface area (Å²) in [5.41, 5.74) is 0.544. The van der Waals surface area contributed by atoms with Gasteiger partial charge in [-0.25, -0.2) is 8.42 Å². The number of rotatable bonds is 6. The van der Waals surface area contributed by atoms with Gasteiger partial charge in [0.25, 0.3) is 0 Å². The predicted molar refractivity (Wildman–Crippen MR) is 111 cm³/mol. The fourth-order valence-corrected chi connectivity index (χ4v) is 5.45. The maximum absolute atomic E-state index is 13.0.